The lowest BCUT2D eigenvalue weighted by atomic mass is 10.00. The van der Waals surface area contributed by atoms with Crippen LogP contribution in [0.2, 0.25) is 0 Å². The summed E-state index contributed by atoms with van der Waals surface area (Å²) in [5, 5.41) is 13.5. The van der Waals surface area contributed by atoms with E-state index in [2.05, 4.69) is 52.7 Å². The van der Waals surface area contributed by atoms with Gasteiger partial charge in [-0.05, 0) is 65.9 Å². The molecule has 4 aromatic rings. The number of β-amino-alcohol motifs (C(OH)–C–C–N with tert-alkyl or cyclic N) is 1. The van der Waals surface area contributed by atoms with Crippen molar-refractivity contribution in [2.75, 3.05) is 39.5 Å². The van der Waals surface area contributed by atoms with Crippen LogP contribution in [-0.4, -0.2) is 61.7 Å². The van der Waals surface area contributed by atoms with Gasteiger partial charge in [-0.2, -0.15) is 0 Å². The summed E-state index contributed by atoms with van der Waals surface area (Å²) < 4.78 is 41.3. The van der Waals surface area contributed by atoms with Gasteiger partial charge in [0.05, 0.1) is 6.61 Å². The number of rotatable bonds is 8. The molecular formula is C36H40F2N2O4. The molecule has 4 aromatic carbocycles. The molecular weight excluding hydrogens is 562 g/mol. The Labute approximate surface area is 258 Å². The monoisotopic (exact) mass is 602 g/mol. The molecule has 232 valence electrons. The van der Waals surface area contributed by atoms with Gasteiger partial charge in [-0.15, -0.1) is 0 Å². The van der Waals surface area contributed by atoms with Crippen LogP contribution in [0.4, 0.5) is 8.78 Å². The predicted octanol–water partition coefficient (Wildman–Crippen LogP) is 5.56. The minimum Gasteiger partial charge on any atom is -0.491 e. The number of hydrogen-bond acceptors (Lipinski definition) is 6. The third kappa shape index (κ3) is 10.4. The number of fused-ring (bicyclic) bond motifs is 2. The second-order valence-corrected chi connectivity index (χ2v) is 11.1. The number of aliphatic hydroxyl groups is 1. The first kappa shape index (κ1) is 31.6. The van der Waals surface area contributed by atoms with Crippen LogP contribution in [0.1, 0.15) is 22.3 Å². The second kappa shape index (κ2) is 16.3. The van der Waals surface area contributed by atoms with Crippen molar-refractivity contribution < 1.29 is 28.1 Å². The van der Waals surface area contributed by atoms with Gasteiger partial charge in [0.2, 0.25) is 0 Å². The van der Waals surface area contributed by atoms with Crippen molar-refractivity contribution in [2.45, 2.75) is 38.1 Å². The quantitative estimate of drug-likeness (QED) is 0.258. The Morgan fingerprint density at radius 3 is 2.05 bits per heavy atom. The molecule has 1 saturated heterocycles. The molecule has 0 amide bonds. The lowest BCUT2D eigenvalue weighted by molar-refractivity contribution is 0.0637. The number of benzene rings is 4. The van der Waals surface area contributed by atoms with Crippen molar-refractivity contribution in [2.24, 2.45) is 0 Å². The maximum atomic E-state index is 13.1. The van der Waals surface area contributed by atoms with E-state index in [-0.39, 0.29) is 24.3 Å². The number of nitrogens with one attached hydrogen (secondary N) is 1. The van der Waals surface area contributed by atoms with Crippen molar-refractivity contribution in [3.8, 4) is 11.5 Å². The molecule has 0 radical (unpaired) electrons. The molecule has 7 rings (SSSR count). The van der Waals surface area contributed by atoms with Crippen molar-refractivity contribution >= 4 is 0 Å². The molecule has 3 aliphatic rings. The van der Waals surface area contributed by atoms with Gasteiger partial charge in [0, 0.05) is 38.3 Å². The molecule has 44 heavy (non-hydrogen) atoms. The Hall–Kier alpha value is -3.82. The van der Waals surface area contributed by atoms with Gasteiger partial charge >= 0.3 is 0 Å². The maximum Gasteiger partial charge on any atom is 0.126 e. The number of hydrogen-bond donors (Lipinski definition) is 2. The standard InChI is InChI=1S/C18H20FNO2.C9H9FO2.C9H11N/c19-16-6-3-7-18(10-16)22-13-17(21)12-20-9-8-14-4-1-2-5-15(14)11-20;10-7-2-1-3-8(4-7)11-5-9-6-12-9;1-2-4-9-7-10-6-5-8(9)3-1/h1-7,10,17,21H,8-9,11-13H2;1-4,9H,5-6H2;1-4,10H,5-7H2. The summed E-state index contributed by atoms with van der Waals surface area (Å²) in [6.45, 7) is 5.98. The molecule has 2 atom stereocenters. The highest BCUT2D eigenvalue weighted by molar-refractivity contribution is 5.30. The first-order valence-corrected chi connectivity index (χ1v) is 15.1. The zero-order chi connectivity index (χ0) is 30.6. The Morgan fingerprint density at radius 1 is 0.795 bits per heavy atom. The average molecular weight is 603 g/mol. The zero-order valence-corrected chi connectivity index (χ0v) is 24.8. The van der Waals surface area contributed by atoms with Crippen molar-refractivity contribution in [3.05, 3.63) is 131 Å². The van der Waals surface area contributed by atoms with E-state index >= 15 is 0 Å². The lowest BCUT2D eigenvalue weighted by Gasteiger charge is -2.30. The molecule has 0 spiro atoms. The number of aliphatic hydroxyl groups excluding tert-OH is 1. The van der Waals surface area contributed by atoms with Gasteiger partial charge < -0.3 is 24.6 Å². The third-order valence-corrected chi connectivity index (χ3v) is 7.56. The highest BCUT2D eigenvalue weighted by atomic mass is 19.1. The third-order valence-electron chi connectivity index (χ3n) is 7.56. The van der Waals surface area contributed by atoms with Crippen LogP contribution in [0.3, 0.4) is 0 Å². The number of ether oxygens (including phenoxy) is 3. The first-order valence-electron chi connectivity index (χ1n) is 15.1. The van der Waals surface area contributed by atoms with Gasteiger partial charge in [-0.1, -0.05) is 60.7 Å². The molecule has 0 bridgehead atoms. The van der Waals surface area contributed by atoms with Crippen molar-refractivity contribution in [1.29, 1.82) is 0 Å². The van der Waals surface area contributed by atoms with Crippen LogP contribution in [0.25, 0.3) is 0 Å². The topological polar surface area (TPSA) is 66.5 Å². The zero-order valence-electron chi connectivity index (χ0n) is 24.8. The van der Waals surface area contributed by atoms with Crippen LogP contribution in [0.5, 0.6) is 11.5 Å². The van der Waals surface area contributed by atoms with Crippen LogP contribution in [0.15, 0.2) is 97.1 Å². The summed E-state index contributed by atoms with van der Waals surface area (Å²) >= 11 is 0. The summed E-state index contributed by atoms with van der Waals surface area (Å²) in [5.74, 6) is 0.400. The van der Waals surface area contributed by atoms with Gasteiger partial charge in [-0.3, -0.25) is 4.90 Å². The van der Waals surface area contributed by atoms with Gasteiger partial charge in [0.25, 0.3) is 0 Å². The second-order valence-electron chi connectivity index (χ2n) is 11.1. The van der Waals surface area contributed by atoms with E-state index in [9.17, 15) is 13.9 Å². The molecule has 6 nitrogen and oxygen atoms in total. The molecule has 3 aliphatic heterocycles. The summed E-state index contributed by atoms with van der Waals surface area (Å²) in [6.07, 6.45) is 1.82. The highest BCUT2D eigenvalue weighted by Crippen LogP contribution is 2.19. The Kier molecular flexibility index (Phi) is 11.7. The van der Waals surface area contributed by atoms with E-state index in [4.69, 9.17) is 14.2 Å². The van der Waals surface area contributed by atoms with Crippen LogP contribution in [0, 0.1) is 11.6 Å². The molecule has 1 fully saturated rings. The number of nitrogens with zero attached hydrogens (tertiary/aromatic N) is 1. The largest absolute Gasteiger partial charge is 0.491 e. The molecule has 3 heterocycles. The van der Waals surface area contributed by atoms with Gasteiger partial charge in [0.15, 0.2) is 0 Å². The van der Waals surface area contributed by atoms with E-state index < -0.39 is 6.10 Å². The van der Waals surface area contributed by atoms with E-state index in [0.29, 0.717) is 24.7 Å². The smallest absolute Gasteiger partial charge is 0.126 e. The summed E-state index contributed by atoms with van der Waals surface area (Å²) in [5.41, 5.74) is 5.70. The van der Waals surface area contributed by atoms with Crippen LogP contribution in [-0.2, 0) is 30.7 Å². The van der Waals surface area contributed by atoms with Crippen molar-refractivity contribution in [3.63, 3.8) is 0 Å². The molecule has 8 heteroatoms. The first-order chi connectivity index (χ1) is 21.5. The minimum atomic E-state index is -0.589. The molecule has 2 unspecified atom stereocenters. The maximum absolute atomic E-state index is 13.1. The summed E-state index contributed by atoms with van der Waals surface area (Å²) in [6, 6.07) is 29.1. The van der Waals surface area contributed by atoms with E-state index in [1.54, 1.807) is 24.3 Å². The number of epoxide rings is 1. The van der Waals surface area contributed by atoms with Crippen LogP contribution < -0.4 is 14.8 Å². The van der Waals surface area contributed by atoms with Gasteiger partial charge in [-0.25, -0.2) is 8.78 Å². The fourth-order valence-electron chi connectivity index (χ4n) is 5.14. The average Bonchev–Trinajstić information content (AvgIpc) is 3.88. The minimum absolute atomic E-state index is 0.168. The normalized spacial score (nSPS) is 17.4. The molecule has 2 N–H and O–H groups in total. The highest BCUT2D eigenvalue weighted by Gasteiger charge is 2.23. The summed E-state index contributed by atoms with van der Waals surface area (Å²) in [4.78, 5) is 2.22. The molecule has 0 aliphatic carbocycles. The molecule has 0 aromatic heterocycles. The Bertz CT molecular complexity index is 1440. The SMILES string of the molecule is Fc1cccc(OCC2CO2)c1.OC(COc1cccc(F)c1)CN1CCc2ccccc2C1.c1ccc2c(c1)CCNC2. The fraction of sp³-hybridized carbons (Fsp3) is 0.333. The Morgan fingerprint density at radius 2 is 1.41 bits per heavy atom. The summed E-state index contributed by atoms with van der Waals surface area (Å²) in [7, 11) is 0. The Balaban J connectivity index is 0.000000146. The van der Waals surface area contributed by atoms with Crippen LogP contribution >= 0.6 is 0 Å². The molecule has 0 saturated carbocycles. The van der Waals surface area contributed by atoms with Crippen molar-refractivity contribution in [1.82, 2.24) is 10.2 Å². The van der Waals surface area contributed by atoms with Gasteiger partial charge in [0.1, 0.15) is 48.6 Å². The fourth-order valence-corrected chi connectivity index (χ4v) is 5.14. The predicted molar refractivity (Wildman–Crippen MR) is 167 cm³/mol. The van der Waals surface area contributed by atoms with E-state index in [0.717, 1.165) is 39.2 Å². The lowest BCUT2D eigenvalue weighted by Crippen LogP contribution is -2.38. The van der Waals surface area contributed by atoms with E-state index in [1.807, 2.05) is 6.07 Å². The van der Waals surface area contributed by atoms with E-state index in [1.165, 1.54) is 52.9 Å². The number of halogens is 2.